The average Bonchev–Trinajstić information content (AvgIpc) is 3.25. The average molecular weight is 448 g/mol. The molecule has 0 bridgehead atoms. The van der Waals surface area contributed by atoms with E-state index in [4.69, 9.17) is 15.5 Å². The number of nitrogens with zero attached hydrogens (tertiary/aromatic N) is 4. The predicted molar refractivity (Wildman–Crippen MR) is 130 cm³/mol. The van der Waals surface area contributed by atoms with E-state index in [0.717, 1.165) is 23.3 Å². The summed E-state index contributed by atoms with van der Waals surface area (Å²) < 4.78 is 7.31. The normalized spacial score (nSPS) is 12.0. The summed E-state index contributed by atoms with van der Waals surface area (Å²) in [4.78, 5) is 13.9. The minimum Gasteiger partial charge on any atom is -0.497 e. The van der Waals surface area contributed by atoms with E-state index < -0.39 is 0 Å². The summed E-state index contributed by atoms with van der Waals surface area (Å²) in [5, 5.41) is 16.2. The van der Waals surface area contributed by atoms with E-state index in [1.807, 2.05) is 47.9 Å². The first kappa shape index (κ1) is 22.3. The second kappa shape index (κ2) is 10.2. The summed E-state index contributed by atoms with van der Waals surface area (Å²) in [5.41, 5.74) is 10.2. The standard InChI is InChI=1S/C24H29N7O2/c1-3-18(14-32)28-24-29-22(26-12-17-11-19(33-2)9-10-20(17)25)21-23(30-24)31(15-27-21)13-16-7-5-4-6-8-16/h4-11,15,18,32H,3,12-14,25H2,1-2H3,(H2,26,28,29,30). The molecular weight excluding hydrogens is 418 g/mol. The summed E-state index contributed by atoms with van der Waals surface area (Å²) in [6.45, 7) is 3.06. The fourth-order valence-electron chi connectivity index (χ4n) is 3.53. The number of ether oxygens (including phenoxy) is 1. The Kier molecular flexibility index (Phi) is 6.89. The monoisotopic (exact) mass is 447 g/mol. The van der Waals surface area contributed by atoms with Gasteiger partial charge in [0.25, 0.3) is 0 Å². The lowest BCUT2D eigenvalue weighted by Gasteiger charge is -2.16. The van der Waals surface area contributed by atoms with Crippen LogP contribution in [-0.2, 0) is 13.1 Å². The highest BCUT2D eigenvalue weighted by atomic mass is 16.5. The molecule has 0 fully saturated rings. The molecule has 5 N–H and O–H groups in total. The van der Waals surface area contributed by atoms with Crippen molar-refractivity contribution in [3.8, 4) is 5.75 Å². The molecule has 172 valence electrons. The van der Waals surface area contributed by atoms with Crippen molar-refractivity contribution in [1.82, 2.24) is 19.5 Å². The number of fused-ring (bicyclic) bond motifs is 1. The Labute approximate surface area is 192 Å². The van der Waals surface area contributed by atoms with Gasteiger partial charge >= 0.3 is 0 Å². The number of benzene rings is 2. The molecule has 2 heterocycles. The number of nitrogens with two attached hydrogens (primary N) is 1. The van der Waals surface area contributed by atoms with Gasteiger partial charge in [-0.05, 0) is 35.7 Å². The maximum absolute atomic E-state index is 9.63. The van der Waals surface area contributed by atoms with Gasteiger partial charge in [-0.1, -0.05) is 37.3 Å². The van der Waals surface area contributed by atoms with Gasteiger partial charge < -0.3 is 30.8 Å². The van der Waals surface area contributed by atoms with Crippen LogP contribution < -0.4 is 21.1 Å². The fourth-order valence-corrected chi connectivity index (χ4v) is 3.53. The molecule has 1 unspecified atom stereocenters. The summed E-state index contributed by atoms with van der Waals surface area (Å²) in [6, 6.07) is 15.5. The van der Waals surface area contributed by atoms with Gasteiger partial charge in [0.15, 0.2) is 17.0 Å². The van der Waals surface area contributed by atoms with Gasteiger partial charge in [-0.3, -0.25) is 0 Å². The molecule has 0 spiro atoms. The predicted octanol–water partition coefficient (Wildman–Crippen LogP) is 3.26. The topological polar surface area (TPSA) is 123 Å². The van der Waals surface area contributed by atoms with Crippen LogP contribution >= 0.6 is 0 Å². The quantitative estimate of drug-likeness (QED) is 0.273. The zero-order valence-electron chi connectivity index (χ0n) is 18.8. The molecule has 1 atom stereocenters. The van der Waals surface area contributed by atoms with Gasteiger partial charge in [-0.25, -0.2) is 4.98 Å². The first-order valence-corrected chi connectivity index (χ1v) is 10.9. The number of anilines is 3. The molecule has 2 aromatic heterocycles. The largest absolute Gasteiger partial charge is 0.497 e. The van der Waals surface area contributed by atoms with Crippen LogP contribution in [0.25, 0.3) is 11.2 Å². The van der Waals surface area contributed by atoms with E-state index in [2.05, 4.69) is 32.7 Å². The van der Waals surface area contributed by atoms with Crippen molar-refractivity contribution in [3.63, 3.8) is 0 Å². The molecule has 0 aliphatic rings. The molecule has 33 heavy (non-hydrogen) atoms. The Morgan fingerprint density at radius 2 is 1.97 bits per heavy atom. The molecule has 2 aromatic carbocycles. The highest BCUT2D eigenvalue weighted by Gasteiger charge is 2.16. The van der Waals surface area contributed by atoms with E-state index >= 15 is 0 Å². The molecule has 9 nitrogen and oxygen atoms in total. The number of imidazole rings is 1. The summed E-state index contributed by atoms with van der Waals surface area (Å²) in [5.74, 6) is 1.75. The molecule has 0 amide bonds. The van der Waals surface area contributed by atoms with Crippen LogP contribution in [0.15, 0.2) is 54.9 Å². The first-order chi connectivity index (χ1) is 16.1. The highest BCUT2D eigenvalue weighted by molar-refractivity contribution is 5.84. The van der Waals surface area contributed by atoms with Gasteiger partial charge in [0.2, 0.25) is 5.95 Å². The van der Waals surface area contributed by atoms with Crippen molar-refractivity contribution in [1.29, 1.82) is 0 Å². The second-order valence-corrected chi connectivity index (χ2v) is 7.78. The lowest BCUT2D eigenvalue weighted by molar-refractivity contribution is 0.271. The van der Waals surface area contributed by atoms with E-state index in [9.17, 15) is 5.11 Å². The minimum atomic E-state index is -0.144. The third-order valence-electron chi connectivity index (χ3n) is 5.50. The molecule has 9 heteroatoms. The number of aliphatic hydroxyl groups is 1. The third-order valence-corrected chi connectivity index (χ3v) is 5.50. The fraction of sp³-hybridized carbons (Fsp3) is 0.292. The van der Waals surface area contributed by atoms with Crippen LogP contribution in [0.2, 0.25) is 0 Å². The van der Waals surface area contributed by atoms with Gasteiger partial charge in [-0.15, -0.1) is 0 Å². The first-order valence-electron chi connectivity index (χ1n) is 10.9. The molecule has 0 saturated carbocycles. The zero-order chi connectivity index (χ0) is 23.2. The lowest BCUT2D eigenvalue weighted by atomic mass is 10.1. The Balaban J connectivity index is 1.69. The van der Waals surface area contributed by atoms with Crippen LogP contribution in [0, 0.1) is 0 Å². The van der Waals surface area contributed by atoms with Crippen molar-refractivity contribution < 1.29 is 9.84 Å². The molecular formula is C24H29N7O2. The minimum absolute atomic E-state index is 0.00964. The van der Waals surface area contributed by atoms with Crippen LogP contribution in [0.1, 0.15) is 24.5 Å². The molecule has 4 aromatic rings. The molecule has 4 rings (SSSR count). The maximum atomic E-state index is 9.63. The smallest absolute Gasteiger partial charge is 0.227 e. The van der Waals surface area contributed by atoms with E-state index in [-0.39, 0.29) is 12.6 Å². The number of methoxy groups -OCH3 is 1. The van der Waals surface area contributed by atoms with Crippen molar-refractivity contribution in [3.05, 3.63) is 66.0 Å². The number of aromatic nitrogens is 4. The van der Waals surface area contributed by atoms with Crippen LogP contribution in [0.5, 0.6) is 5.75 Å². The van der Waals surface area contributed by atoms with E-state index in [1.165, 1.54) is 0 Å². The number of hydrogen-bond donors (Lipinski definition) is 4. The van der Waals surface area contributed by atoms with Crippen LogP contribution in [0.4, 0.5) is 17.5 Å². The Hall–Kier alpha value is -3.85. The van der Waals surface area contributed by atoms with Crippen LogP contribution in [0.3, 0.4) is 0 Å². The Morgan fingerprint density at radius 1 is 1.15 bits per heavy atom. The van der Waals surface area contributed by atoms with Gasteiger partial charge in [0.05, 0.1) is 32.6 Å². The van der Waals surface area contributed by atoms with E-state index in [1.54, 1.807) is 13.4 Å². The second-order valence-electron chi connectivity index (χ2n) is 7.78. The van der Waals surface area contributed by atoms with Crippen molar-refractivity contribution in [2.75, 3.05) is 30.1 Å². The summed E-state index contributed by atoms with van der Waals surface area (Å²) in [6.07, 6.45) is 2.51. The highest BCUT2D eigenvalue weighted by Crippen LogP contribution is 2.25. The lowest BCUT2D eigenvalue weighted by Crippen LogP contribution is -2.24. The van der Waals surface area contributed by atoms with Crippen LogP contribution in [-0.4, -0.2) is 44.4 Å². The number of aliphatic hydroxyl groups excluding tert-OH is 1. The van der Waals surface area contributed by atoms with Crippen molar-refractivity contribution >= 4 is 28.6 Å². The SMILES string of the molecule is CCC(CO)Nc1nc(NCc2cc(OC)ccc2N)c2ncn(Cc3ccccc3)c2n1. The number of nitrogen functional groups attached to an aromatic ring is 1. The summed E-state index contributed by atoms with van der Waals surface area (Å²) in [7, 11) is 1.62. The molecule has 0 saturated heterocycles. The maximum Gasteiger partial charge on any atom is 0.227 e. The molecule has 0 aliphatic heterocycles. The number of rotatable bonds is 10. The van der Waals surface area contributed by atoms with Gasteiger partial charge in [0, 0.05) is 12.2 Å². The zero-order valence-corrected chi connectivity index (χ0v) is 18.8. The third kappa shape index (κ3) is 5.15. The van der Waals surface area contributed by atoms with Gasteiger partial charge in [-0.2, -0.15) is 9.97 Å². The molecule has 0 aliphatic carbocycles. The van der Waals surface area contributed by atoms with E-state index in [0.29, 0.717) is 41.7 Å². The van der Waals surface area contributed by atoms with Crippen molar-refractivity contribution in [2.24, 2.45) is 0 Å². The summed E-state index contributed by atoms with van der Waals surface area (Å²) >= 11 is 0. The van der Waals surface area contributed by atoms with Crippen molar-refractivity contribution in [2.45, 2.75) is 32.5 Å². The Bertz CT molecular complexity index is 1210. The number of hydrogen-bond acceptors (Lipinski definition) is 8. The number of nitrogens with one attached hydrogen (secondary N) is 2. The Morgan fingerprint density at radius 3 is 2.70 bits per heavy atom. The molecule has 0 radical (unpaired) electrons. The van der Waals surface area contributed by atoms with Gasteiger partial charge in [0.1, 0.15) is 5.75 Å².